The molecule has 0 aliphatic rings. The number of H-pyrrole nitrogens is 1. The topological polar surface area (TPSA) is 69.8 Å². The molecule has 3 N–H and O–H groups in total. The van der Waals surface area contributed by atoms with Crippen LogP contribution in [0.4, 0.5) is 16.4 Å². The second-order valence-corrected chi connectivity index (χ2v) is 5.84. The van der Waals surface area contributed by atoms with Crippen molar-refractivity contribution in [2.45, 2.75) is 33.1 Å². The molecule has 20 heavy (non-hydrogen) atoms. The number of hydrogen-bond acceptors (Lipinski definition) is 2. The van der Waals surface area contributed by atoms with Gasteiger partial charge in [-0.2, -0.15) is 0 Å². The molecular weight excluding hydrogens is 252 g/mol. The number of hydrogen-bond donors (Lipinski definition) is 3. The molecule has 1 heterocycles. The van der Waals surface area contributed by atoms with Gasteiger partial charge in [0.05, 0.1) is 6.20 Å². The quantitative estimate of drug-likeness (QED) is 0.780. The first kappa shape index (κ1) is 14.1. The van der Waals surface area contributed by atoms with Crippen molar-refractivity contribution in [1.29, 1.82) is 0 Å². The number of anilines is 2. The predicted molar refractivity (Wildman–Crippen MR) is 81.1 cm³/mol. The van der Waals surface area contributed by atoms with Gasteiger partial charge in [-0.25, -0.2) is 9.78 Å². The molecule has 2 rings (SSSR count). The monoisotopic (exact) mass is 272 g/mol. The number of nitrogens with one attached hydrogen (secondary N) is 3. The Hall–Kier alpha value is -2.30. The van der Waals surface area contributed by atoms with E-state index in [1.165, 1.54) is 0 Å². The van der Waals surface area contributed by atoms with E-state index in [2.05, 4.69) is 41.4 Å². The van der Waals surface area contributed by atoms with Crippen LogP contribution in [0.1, 0.15) is 32.0 Å². The fourth-order valence-corrected chi connectivity index (χ4v) is 1.67. The molecule has 0 bridgehead atoms. The third kappa shape index (κ3) is 3.60. The van der Waals surface area contributed by atoms with Crippen molar-refractivity contribution in [2.24, 2.45) is 0 Å². The molecule has 2 aromatic rings. The minimum absolute atomic E-state index is 0.0274. The molecule has 5 nitrogen and oxygen atoms in total. The Balaban J connectivity index is 1.98. The van der Waals surface area contributed by atoms with Crippen LogP contribution in [0.3, 0.4) is 0 Å². The van der Waals surface area contributed by atoms with Gasteiger partial charge in [0.2, 0.25) is 5.95 Å². The second-order valence-electron chi connectivity index (χ2n) is 5.84. The van der Waals surface area contributed by atoms with E-state index in [-0.39, 0.29) is 11.4 Å². The van der Waals surface area contributed by atoms with Crippen molar-refractivity contribution < 1.29 is 4.79 Å². The van der Waals surface area contributed by atoms with Gasteiger partial charge in [0, 0.05) is 16.8 Å². The van der Waals surface area contributed by atoms with Crippen LogP contribution in [-0.4, -0.2) is 16.0 Å². The van der Waals surface area contributed by atoms with E-state index in [0.29, 0.717) is 5.95 Å². The Labute approximate surface area is 118 Å². The lowest BCUT2D eigenvalue weighted by atomic mass is 9.93. The van der Waals surface area contributed by atoms with Crippen molar-refractivity contribution in [2.75, 3.05) is 10.6 Å². The van der Waals surface area contributed by atoms with Gasteiger partial charge in [0.1, 0.15) is 0 Å². The zero-order valence-corrected chi connectivity index (χ0v) is 12.2. The SMILES string of the molecule is Cc1ccc(NC(=O)Nc2ncc(C(C)(C)C)[nH]2)cc1. The summed E-state index contributed by atoms with van der Waals surface area (Å²) < 4.78 is 0. The lowest BCUT2D eigenvalue weighted by Gasteiger charge is -2.15. The number of carbonyl (C=O) groups is 1. The Morgan fingerprint density at radius 3 is 2.35 bits per heavy atom. The number of benzene rings is 1. The summed E-state index contributed by atoms with van der Waals surface area (Å²) in [5.41, 5.74) is 2.84. The summed E-state index contributed by atoms with van der Waals surface area (Å²) in [6.45, 7) is 8.24. The van der Waals surface area contributed by atoms with Crippen LogP contribution in [-0.2, 0) is 5.41 Å². The molecule has 2 amide bonds. The summed E-state index contributed by atoms with van der Waals surface area (Å²) in [5.74, 6) is 0.444. The smallest absolute Gasteiger partial charge is 0.326 e. The number of carbonyl (C=O) groups excluding carboxylic acids is 1. The minimum atomic E-state index is -0.316. The van der Waals surface area contributed by atoms with E-state index >= 15 is 0 Å². The Kier molecular flexibility index (Phi) is 3.79. The first-order valence-corrected chi connectivity index (χ1v) is 6.55. The molecule has 0 radical (unpaired) electrons. The number of amides is 2. The number of imidazole rings is 1. The van der Waals surface area contributed by atoms with Gasteiger partial charge in [-0.1, -0.05) is 38.5 Å². The largest absolute Gasteiger partial charge is 0.327 e. The van der Waals surface area contributed by atoms with Crippen LogP contribution < -0.4 is 10.6 Å². The minimum Gasteiger partial charge on any atom is -0.327 e. The highest BCUT2D eigenvalue weighted by atomic mass is 16.2. The molecule has 0 saturated carbocycles. The van der Waals surface area contributed by atoms with Crippen molar-refractivity contribution >= 4 is 17.7 Å². The number of aromatic nitrogens is 2. The lowest BCUT2D eigenvalue weighted by Crippen LogP contribution is -2.20. The van der Waals surface area contributed by atoms with E-state index in [0.717, 1.165) is 16.9 Å². The first-order valence-electron chi connectivity index (χ1n) is 6.55. The molecule has 1 aromatic heterocycles. The van der Waals surface area contributed by atoms with E-state index in [1.54, 1.807) is 6.20 Å². The van der Waals surface area contributed by atoms with Crippen molar-refractivity contribution in [1.82, 2.24) is 9.97 Å². The fourth-order valence-electron chi connectivity index (χ4n) is 1.67. The van der Waals surface area contributed by atoms with Crippen LogP contribution in [0, 0.1) is 6.92 Å². The van der Waals surface area contributed by atoms with Crippen molar-refractivity contribution in [3.63, 3.8) is 0 Å². The summed E-state index contributed by atoms with van der Waals surface area (Å²) in [6.07, 6.45) is 1.74. The van der Waals surface area contributed by atoms with Crippen LogP contribution in [0.15, 0.2) is 30.5 Å². The van der Waals surface area contributed by atoms with Crippen molar-refractivity contribution in [3.05, 3.63) is 41.7 Å². The summed E-state index contributed by atoms with van der Waals surface area (Å²) in [6, 6.07) is 7.29. The molecule has 0 aliphatic carbocycles. The Morgan fingerprint density at radius 1 is 1.15 bits per heavy atom. The molecule has 1 aromatic carbocycles. The molecule has 0 spiro atoms. The van der Waals surface area contributed by atoms with Crippen LogP contribution in [0.2, 0.25) is 0 Å². The van der Waals surface area contributed by atoms with Gasteiger partial charge in [0.15, 0.2) is 0 Å². The molecule has 0 fully saturated rings. The third-order valence-electron chi connectivity index (χ3n) is 2.93. The highest BCUT2D eigenvalue weighted by Gasteiger charge is 2.17. The predicted octanol–water partition coefficient (Wildman–Crippen LogP) is 3.66. The highest BCUT2D eigenvalue weighted by Crippen LogP contribution is 2.20. The average Bonchev–Trinajstić information content (AvgIpc) is 2.80. The second kappa shape index (κ2) is 5.36. The van der Waals surface area contributed by atoms with Crippen LogP contribution in [0.25, 0.3) is 0 Å². The maximum atomic E-state index is 11.8. The van der Waals surface area contributed by atoms with Gasteiger partial charge in [-0.15, -0.1) is 0 Å². The molecule has 0 aliphatic heterocycles. The van der Waals surface area contributed by atoms with E-state index in [9.17, 15) is 4.79 Å². The first-order chi connectivity index (χ1) is 9.34. The standard InChI is InChI=1S/C15H20N4O/c1-10-5-7-11(8-6-10)17-14(20)19-13-16-9-12(18-13)15(2,3)4/h5-9H,1-4H3,(H3,16,17,18,19,20). The Bertz CT molecular complexity index is 593. The molecule has 106 valence electrons. The summed E-state index contributed by atoms with van der Waals surface area (Å²) in [4.78, 5) is 19.1. The normalized spacial score (nSPS) is 11.2. The Morgan fingerprint density at radius 2 is 1.80 bits per heavy atom. The zero-order valence-electron chi connectivity index (χ0n) is 12.2. The summed E-state index contributed by atoms with van der Waals surface area (Å²) in [5, 5.41) is 5.44. The number of aromatic amines is 1. The van der Waals surface area contributed by atoms with E-state index < -0.39 is 0 Å². The number of nitrogens with zero attached hydrogens (tertiary/aromatic N) is 1. The third-order valence-corrected chi connectivity index (χ3v) is 2.93. The molecule has 0 unspecified atom stereocenters. The van der Waals surface area contributed by atoms with Gasteiger partial charge < -0.3 is 10.3 Å². The number of rotatable bonds is 2. The molecule has 0 atom stereocenters. The van der Waals surface area contributed by atoms with Gasteiger partial charge in [-0.3, -0.25) is 5.32 Å². The van der Waals surface area contributed by atoms with Crippen molar-refractivity contribution in [3.8, 4) is 0 Å². The molecule has 0 saturated heterocycles. The lowest BCUT2D eigenvalue weighted by molar-refractivity contribution is 0.262. The summed E-state index contributed by atoms with van der Waals surface area (Å²) >= 11 is 0. The van der Waals surface area contributed by atoms with Gasteiger partial charge in [0.25, 0.3) is 0 Å². The maximum absolute atomic E-state index is 11.8. The van der Waals surface area contributed by atoms with Crippen LogP contribution >= 0.6 is 0 Å². The maximum Gasteiger partial charge on any atom is 0.326 e. The van der Waals surface area contributed by atoms with Gasteiger partial charge >= 0.3 is 6.03 Å². The average molecular weight is 272 g/mol. The summed E-state index contributed by atoms with van der Waals surface area (Å²) in [7, 11) is 0. The zero-order chi connectivity index (χ0) is 14.8. The number of aryl methyl sites for hydroxylation is 1. The van der Waals surface area contributed by atoms with E-state index in [4.69, 9.17) is 0 Å². The van der Waals surface area contributed by atoms with Crippen LogP contribution in [0.5, 0.6) is 0 Å². The highest BCUT2D eigenvalue weighted by molar-refractivity contribution is 5.98. The molecular formula is C15H20N4O. The number of urea groups is 1. The van der Waals surface area contributed by atoms with E-state index in [1.807, 2.05) is 31.2 Å². The fraction of sp³-hybridized carbons (Fsp3) is 0.333. The van der Waals surface area contributed by atoms with Gasteiger partial charge in [-0.05, 0) is 19.1 Å². The molecule has 5 heteroatoms.